The van der Waals surface area contributed by atoms with Crippen LogP contribution < -0.4 is 5.32 Å². The molecule has 0 atom stereocenters. The molecule has 1 amide bonds. The summed E-state index contributed by atoms with van der Waals surface area (Å²) in [4.78, 5) is 12.3. The normalized spacial score (nSPS) is 16.2. The molecule has 2 aromatic carbocycles. The number of carbonyl (C=O) groups excluding carboxylic acids is 1. The predicted octanol–water partition coefficient (Wildman–Crippen LogP) is 5.13. The molecule has 2 aromatic rings. The maximum absolute atomic E-state index is 12.3. The fourth-order valence-electron chi connectivity index (χ4n) is 3.51. The maximum atomic E-state index is 12.3. The van der Waals surface area contributed by atoms with Crippen molar-refractivity contribution in [1.82, 2.24) is 5.32 Å². The summed E-state index contributed by atoms with van der Waals surface area (Å²) in [5, 5.41) is 3.24. The van der Waals surface area contributed by atoms with Crippen LogP contribution in [-0.4, -0.2) is 11.9 Å². The van der Waals surface area contributed by atoms with Crippen LogP contribution in [0, 0.1) is 0 Å². The zero-order valence-electron chi connectivity index (χ0n) is 14.3. The Bertz CT molecular complexity index is 625. The van der Waals surface area contributed by atoms with Gasteiger partial charge in [0.2, 0.25) is 5.91 Å². The van der Waals surface area contributed by atoms with Crippen molar-refractivity contribution in [3.63, 3.8) is 0 Å². The van der Waals surface area contributed by atoms with Crippen molar-refractivity contribution in [2.75, 3.05) is 0 Å². The lowest BCUT2D eigenvalue weighted by molar-refractivity contribution is -0.121. The Morgan fingerprint density at radius 2 is 1.38 bits per heavy atom. The molecule has 3 rings (SSSR count). The van der Waals surface area contributed by atoms with Gasteiger partial charge >= 0.3 is 0 Å². The molecule has 0 aliphatic heterocycles. The minimum absolute atomic E-state index is 0.160. The van der Waals surface area contributed by atoms with E-state index in [1.807, 2.05) is 18.2 Å². The summed E-state index contributed by atoms with van der Waals surface area (Å²) in [6.07, 6.45) is 9.23. The second-order valence-corrected chi connectivity index (χ2v) is 6.85. The van der Waals surface area contributed by atoms with Gasteiger partial charge in [-0.2, -0.15) is 0 Å². The van der Waals surface area contributed by atoms with Crippen LogP contribution in [0.2, 0.25) is 0 Å². The lowest BCUT2D eigenvalue weighted by atomic mass is 9.96. The monoisotopic (exact) mass is 321 g/mol. The fourth-order valence-corrected chi connectivity index (χ4v) is 3.51. The molecule has 1 saturated carbocycles. The second-order valence-electron chi connectivity index (χ2n) is 6.85. The van der Waals surface area contributed by atoms with Crippen molar-refractivity contribution in [1.29, 1.82) is 0 Å². The third-order valence-electron chi connectivity index (χ3n) is 4.90. The highest BCUT2D eigenvalue weighted by Crippen LogP contribution is 2.20. The quantitative estimate of drug-likeness (QED) is 0.831. The van der Waals surface area contributed by atoms with E-state index in [1.165, 1.54) is 43.2 Å². The predicted molar refractivity (Wildman–Crippen MR) is 99.8 cm³/mol. The van der Waals surface area contributed by atoms with Gasteiger partial charge in [0.15, 0.2) is 0 Å². The van der Waals surface area contributed by atoms with Crippen LogP contribution in [0.3, 0.4) is 0 Å². The van der Waals surface area contributed by atoms with Gasteiger partial charge in [0.1, 0.15) is 0 Å². The van der Waals surface area contributed by atoms with E-state index in [2.05, 4.69) is 41.7 Å². The highest BCUT2D eigenvalue weighted by molar-refractivity contribution is 5.79. The summed E-state index contributed by atoms with van der Waals surface area (Å²) in [6, 6.07) is 19.1. The van der Waals surface area contributed by atoms with Crippen LogP contribution in [0.4, 0.5) is 0 Å². The first-order valence-corrected chi connectivity index (χ1v) is 9.25. The average molecular weight is 321 g/mol. The molecule has 126 valence electrons. The first kappa shape index (κ1) is 16.8. The van der Waals surface area contributed by atoms with E-state index >= 15 is 0 Å². The fraction of sp³-hybridized carbons (Fsp3) is 0.409. The van der Waals surface area contributed by atoms with Crippen molar-refractivity contribution >= 4 is 5.91 Å². The van der Waals surface area contributed by atoms with Gasteiger partial charge in [-0.3, -0.25) is 4.79 Å². The average Bonchev–Trinajstić information content (AvgIpc) is 2.59. The second kappa shape index (κ2) is 8.68. The topological polar surface area (TPSA) is 29.1 Å². The van der Waals surface area contributed by atoms with Crippen LogP contribution in [0.1, 0.15) is 50.5 Å². The molecule has 1 N–H and O–H groups in total. The van der Waals surface area contributed by atoms with E-state index in [9.17, 15) is 4.79 Å². The van der Waals surface area contributed by atoms with Gasteiger partial charge < -0.3 is 5.32 Å². The molecule has 2 nitrogen and oxygen atoms in total. The summed E-state index contributed by atoms with van der Waals surface area (Å²) in [5.41, 5.74) is 3.49. The number of hydrogen-bond donors (Lipinski definition) is 1. The van der Waals surface area contributed by atoms with E-state index in [0.29, 0.717) is 12.5 Å². The van der Waals surface area contributed by atoms with Crippen molar-refractivity contribution in [3.05, 3.63) is 60.2 Å². The van der Waals surface area contributed by atoms with Crippen LogP contribution in [-0.2, 0) is 11.2 Å². The number of rotatable bonds is 4. The molecule has 2 heteroatoms. The zero-order valence-corrected chi connectivity index (χ0v) is 14.3. The van der Waals surface area contributed by atoms with Crippen LogP contribution in [0.5, 0.6) is 0 Å². The molecular formula is C22H27NO. The van der Waals surface area contributed by atoms with Gasteiger partial charge in [-0.1, -0.05) is 86.7 Å². The Kier molecular flexibility index (Phi) is 6.06. The first-order valence-electron chi connectivity index (χ1n) is 9.25. The highest BCUT2D eigenvalue weighted by Gasteiger charge is 2.14. The number of carbonyl (C=O) groups is 1. The molecule has 1 fully saturated rings. The molecule has 0 heterocycles. The summed E-state index contributed by atoms with van der Waals surface area (Å²) < 4.78 is 0. The molecular weight excluding hydrogens is 294 g/mol. The number of nitrogens with one attached hydrogen (secondary N) is 1. The van der Waals surface area contributed by atoms with Crippen molar-refractivity contribution in [2.24, 2.45) is 0 Å². The first-order chi connectivity index (χ1) is 11.8. The standard InChI is InChI=1S/C22H27NO/c24-22(23-21-11-7-2-1-3-8-12-21)17-18-13-15-20(16-14-18)19-9-5-4-6-10-19/h4-6,9-10,13-16,21H,1-3,7-8,11-12,17H2,(H,23,24). The van der Waals surface area contributed by atoms with Crippen molar-refractivity contribution in [3.8, 4) is 11.1 Å². The molecule has 0 radical (unpaired) electrons. The Hall–Kier alpha value is -2.09. The molecule has 24 heavy (non-hydrogen) atoms. The van der Waals surface area contributed by atoms with Gasteiger partial charge in [-0.25, -0.2) is 0 Å². The number of benzene rings is 2. The minimum Gasteiger partial charge on any atom is -0.353 e. The zero-order chi connectivity index (χ0) is 16.6. The van der Waals surface area contributed by atoms with E-state index in [4.69, 9.17) is 0 Å². The third kappa shape index (κ3) is 4.95. The van der Waals surface area contributed by atoms with Gasteiger partial charge in [-0.05, 0) is 29.5 Å². The minimum atomic E-state index is 0.160. The van der Waals surface area contributed by atoms with Gasteiger partial charge in [-0.15, -0.1) is 0 Å². The van der Waals surface area contributed by atoms with E-state index in [1.54, 1.807) is 0 Å². The van der Waals surface area contributed by atoms with Crippen molar-refractivity contribution in [2.45, 2.75) is 57.4 Å². The van der Waals surface area contributed by atoms with Gasteiger partial charge in [0.25, 0.3) is 0 Å². The maximum Gasteiger partial charge on any atom is 0.224 e. The Labute approximate surface area is 145 Å². The lowest BCUT2D eigenvalue weighted by Gasteiger charge is -2.21. The molecule has 0 bridgehead atoms. The molecule has 0 unspecified atom stereocenters. The van der Waals surface area contributed by atoms with Gasteiger partial charge in [0, 0.05) is 6.04 Å². The van der Waals surface area contributed by atoms with Crippen LogP contribution in [0.15, 0.2) is 54.6 Å². The van der Waals surface area contributed by atoms with E-state index in [-0.39, 0.29) is 5.91 Å². The molecule has 0 spiro atoms. The highest BCUT2D eigenvalue weighted by atomic mass is 16.1. The van der Waals surface area contributed by atoms with Crippen molar-refractivity contribution < 1.29 is 4.79 Å². The summed E-state index contributed by atoms with van der Waals surface area (Å²) in [6.45, 7) is 0. The Balaban J connectivity index is 1.54. The largest absolute Gasteiger partial charge is 0.353 e. The summed E-state index contributed by atoms with van der Waals surface area (Å²) >= 11 is 0. The van der Waals surface area contributed by atoms with E-state index in [0.717, 1.165) is 18.4 Å². The SMILES string of the molecule is O=C(Cc1ccc(-c2ccccc2)cc1)NC1CCCCCCC1. The molecule has 0 aromatic heterocycles. The van der Waals surface area contributed by atoms with Crippen LogP contribution in [0.25, 0.3) is 11.1 Å². The Morgan fingerprint density at radius 3 is 2.04 bits per heavy atom. The smallest absolute Gasteiger partial charge is 0.224 e. The lowest BCUT2D eigenvalue weighted by Crippen LogP contribution is -2.36. The summed E-state index contributed by atoms with van der Waals surface area (Å²) in [7, 11) is 0. The number of amides is 1. The molecule has 1 aliphatic carbocycles. The molecule has 1 aliphatic rings. The molecule has 0 saturated heterocycles. The summed E-state index contributed by atoms with van der Waals surface area (Å²) in [5.74, 6) is 0.160. The van der Waals surface area contributed by atoms with Gasteiger partial charge in [0.05, 0.1) is 6.42 Å². The number of hydrogen-bond acceptors (Lipinski definition) is 1. The Morgan fingerprint density at radius 1 is 0.792 bits per heavy atom. The third-order valence-corrected chi connectivity index (χ3v) is 4.90. The van der Waals surface area contributed by atoms with E-state index < -0.39 is 0 Å². The van der Waals surface area contributed by atoms with Crippen LogP contribution >= 0.6 is 0 Å².